The lowest BCUT2D eigenvalue weighted by Crippen LogP contribution is -2.39. The number of nitrogens with one attached hydrogen (secondary N) is 1. The highest BCUT2D eigenvalue weighted by Crippen LogP contribution is 2.34. The van der Waals surface area contributed by atoms with Gasteiger partial charge < -0.3 is 19.9 Å². The number of rotatable bonds is 3. The van der Waals surface area contributed by atoms with E-state index in [0.717, 1.165) is 0 Å². The molecule has 0 unspecified atom stereocenters. The summed E-state index contributed by atoms with van der Waals surface area (Å²) in [5.41, 5.74) is 0.590. The third-order valence-electron chi connectivity index (χ3n) is 3.93. The Bertz CT molecular complexity index is 606. The predicted molar refractivity (Wildman–Crippen MR) is 72.9 cm³/mol. The highest BCUT2D eigenvalue weighted by atomic mass is 19.1. The minimum Gasteiger partial charge on any atom is -0.490 e. The largest absolute Gasteiger partial charge is 0.490 e. The molecule has 2 aliphatic heterocycles. The molecule has 1 saturated heterocycles. The Balaban J connectivity index is 1.69. The maximum Gasteiger partial charge on any atom is 0.332 e. The number of benzene rings is 1. The molecule has 22 heavy (non-hydrogen) atoms. The van der Waals surface area contributed by atoms with E-state index in [-0.39, 0.29) is 17.7 Å². The summed E-state index contributed by atoms with van der Waals surface area (Å²) in [4.78, 5) is 23.1. The summed E-state index contributed by atoms with van der Waals surface area (Å²) in [5.74, 6) is -1.73. The average Bonchev–Trinajstić information content (AvgIpc) is 2.98. The van der Waals surface area contributed by atoms with Crippen molar-refractivity contribution in [3.63, 3.8) is 0 Å². The smallest absolute Gasteiger partial charge is 0.332 e. The molecule has 0 saturated carbocycles. The lowest BCUT2D eigenvalue weighted by molar-refractivity contribution is -0.152. The van der Waals surface area contributed by atoms with Crippen molar-refractivity contribution >= 4 is 11.9 Å². The van der Waals surface area contributed by atoms with Gasteiger partial charge in [0.1, 0.15) is 6.10 Å². The molecule has 3 rings (SSSR count). The van der Waals surface area contributed by atoms with Crippen LogP contribution in [-0.2, 0) is 14.3 Å². The Kier molecular flexibility index (Phi) is 3.98. The number of para-hydroxylation sites is 1. The predicted octanol–water partition coefficient (Wildman–Crippen LogP) is 1.40. The molecule has 118 valence electrons. The van der Waals surface area contributed by atoms with Crippen molar-refractivity contribution in [1.29, 1.82) is 0 Å². The van der Waals surface area contributed by atoms with E-state index in [4.69, 9.17) is 14.6 Å². The van der Waals surface area contributed by atoms with Crippen LogP contribution in [-0.4, -0.2) is 35.8 Å². The van der Waals surface area contributed by atoms with Gasteiger partial charge in [0.2, 0.25) is 5.91 Å². The van der Waals surface area contributed by atoms with Crippen LogP contribution in [0.25, 0.3) is 0 Å². The molecule has 0 radical (unpaired) electrons. The van der Waals surface area contributed by atoms with Gasteiger partial charge >= 0.3 is 5.97 Å². The second-order valence-electron chi connectivity index (χ2n) is 5.39. The first-order valence-electron chi connectivity index (χ1n) is 7.16. The van der Waals surface area contributed by atoms with Gasteiger partial charge in [-0.15, -0.1) is 0 Å². The van der Waals surface area contributed by atoms with Gasteiger partial charge in [-0.3, -0.25) is 4.79 Å². The molecule has 0 bridgehead atoms. The number of carbonyl (C=O) groups is 2. The number of carbonyl (C=O) groups excluding carboxylic acids is 1. The Labute approximate surface area is 126 Å². The summed E-state index contributed by atoms with van der Waals surface area (Å²) < 4.78 is 24.2. The lowest BCUT2D eigenvalue weighted by Gasteiger charge is -2.27. The third-order valence-corrected chi connectivity index (χ3v) is 3.93. The second kappa shape index (κ2) is 5.92. The number of amides is 1. The molecular formula is C15H16FNO5. The number of fused-ring (bicyclic) bond motifs is 1. The summed E-state index contributed by atoms with van der Waals surface area (Å²) in [5, 5.41) is 11.7. The van der Waals surface area contributed by atoms with Gasteiger partial charge in [-0.25, -0.2) is 9.18 Å². The molecule has 0 spiro atoms. The SMILES string of the molecule is O=C(N[C@H]1CCOc2c(F)cccc21)[C@@H]1CC[C@H](C(=O)O)O1. The molecule has 1 aromatic carbocycles. The van der Waals surface area contributed by atoms with E-state index in [2.05, 4.69) is 5.32 Å². The number of hydrogen-bond donors (Lipinski definition) is 2. The molecule has 2 aliphatic rings. The van der Waals surface area contributed by atoms with E-state index >= 15 is 0 Å². The highest BCUT2D eigenvalue weighted by Gasteiger charge is 2.36. The number of halogens is 1. The number of aliphatic carboxylic acids is 1. The van der Waals surface area contributed by atoms with Crippen molar-refractivity contribution in [3.05, 3.63) is 29.6 Å². The van der Waals surface area contributed by atoms with Gasteiger partial charge in [-0.2, -0.15) is 0 Å². The highest BCUT2D eigenvalue weighted by molar-refractivity contribution is 5.83. The fourth-order valence-electron chi connectivity index (χ4n) is 2.81. The first-order valence-corrected chi connectivity index (χ1v) is 7.16. The van der Waals surface area contributed by atoms with E-state index in [1.807, 2.05) is 0 Å². The zero-order chi connectivity index (χ0) is 15.7. The number of ether oxygens (including phenoxy) is 2. The molecule has 1 fully saturated rings. The lowest BCUT2D eigenvalue weighted by atomic mass is 10.00. The maximum atomic E-state index is 13.7. The van der Waals surface area contributed by atoms with E-state index in [1.165, 1.54) is 6.07 Å². The summed E-state index contributed by atoms with van der Waals surface area (Å²) in [7, 11) is 0. The summed E-state index contributed by atoms with van der Waals surface area (Å²) >= 11 is 0. The number of carboxylic acid groups (broad SMARTS) is 1. The first-order chi connectivity index (χ1) is 10.6. The fraction of sp³-hybridized carbons (Fsp3) is 0.467. The van der Waals surface area contributed by atoms with Crippen LogP contribution >= 0.6 is 0 Å². The molecule has 2 N–H and O–H groups in total. The standard InChI is InChI=1S/C15H16FNO5/c16-9-3-1-2-8-10(6-7-21-13(8)9)17-14(18)11-4-5-12(22-11)15(19)20/h1-3,10-12H,4-7H2,(H,17,18)(H,19,20)/t10-,11-,12+/m0/s1. The molecule has 2 heterocycles. The summed E-state index contributed by atoms with van der Waals surface area (Å²) in [6.07, 6.45) is -0.512. The van der Waals surface area contributed by atoms with Gasteiger partial charge in [-0.1, -0.05) is 12.1 Å². The Morgan fingerprint density at radius 1 is 1.23 bits per heavy atom. The normalized spacial score (nSPS) is 26.9. The molecule has 7 heteroatoms. The van der Waals surface area contributed by atoms with Crippen molar-refractivity contribution in [1.82, 2.24) is 5.32 Å². The minimum absolute atomic E-state index is 0.162. The van der Waals surface area contributed by atoms with E-state index < -0.39 is 24.0 Å². The van der Waals surface area contributed by atoms with Gasteiger partial charge in [0.05, 0.1) is 12.6 Å². The molecule has 0 aromatic heterocycles. The number of hydrogen-bond acceptors (Lipinski definition) is 4. The van der Waals surface area contributed by atoms with E-state index in [1.54, 1.807) is 12.1 Å². The topological polar surface area (TPSA) is 84.9 Å². The van der Waals surface area contributed by atoms with Crippen molar-refractivity contribution in [2.24, 2.45) is 0 Å². The van der Waals surface area contributed by atoms with Crippen LogP contribution in [0.15, 0.2) is 18.2 Å². The van der Waals surface area contributed by atoms with Crippen LogP contribution in [0.3, 0.4) is 0 Å². The molecular weight excluding hydrogens is 293 g/mol. The van der Waals surface area contributed by atoms with E-state index in [0.29, 0.717) is 31.4 Å². The van der Waals surface area contributed by atoms with Crippen LogP contribution < -0.4 is 10.1 Å². The Hall–Kier alpha value is -2.15. The van der Waals surface area contributed by atoms with Crippen LogP contribution in [0.1, 0.15) is 30.9 Å². The van der Waals surface area contributed by atoms with Gasteiger partial charge in [0, 0.05) is 12.0 Å². The molecule has 3 atom stereocenters. The number of carboxylic acids is 1. The van der Waals surface area contributed by atoms with Crippen molar-refractivity contribution in [2.75, 3.05) is 6.61 Å². The minimum atomic E-state index is -1.06. The van der Waals surface area contributed by atoms with Crippen molar-refractivity contribution in [2.45, 2.75) is 37.5 Å². The maximum absolute atomic E-state index is 13.7. The van der Waals surface area contributed by atoms with Crippen molar-refractivity contribution < 1.29 is 28.6 Å². The van der Waals surface area contributed by atoms with E-state index in [9.17, 15) is 14.0 Å². The summed E-state index contributed by atoms with van der Waals surface area (Å²) in [6, 6.07) is 4.21. The molecule has 0 aliphatic carbocycles. The average molecular weight is 309 g/mol. The first kappa shape index (κ1) is 14.8. The summed E-state index contributed by atoms with van der Waals surface area (Å²) in [6.45, 7) is 0.308. The second-order valence-corrected chi connectivity index (χ2v) is 5.39. The quantitative estimate of drug-likeness (QED) is 0.881. The monoisotopic (exact) mass is 309 g/mol. The zero-order valence-corrected chi connectivity index (χ0v) is 11.8. The third kappa shape index (κ3) is 2.76. The van der Waals surface area contributed by atoms with Crippen molar-refractivity contribution in [3.8, 4) is 5.75 Å². The molecule has 1 aromatic rings. The van der Waals surface area contributed by atoms with Gasteiger partial charge in [0.15, 0.2) is 17.7 Å². The Morgan fingerprint density at radius 3 is 2.73 bits per heavy atom. The van der Waals surface area contributed by atoms with Crippen LogP contribution in [0.2, 0.25) is 0 Å². The van der Waals surface area contributed by atoms with Gasteiger partial charge in [0.25, 0.3) is 0 Å². The van der Waals surface area contributed by atoms with Crippen LogP contribution in [0, 0.1) is 5.82 Å². The molecule has 6 nitrogen and oxygen atoms in total. The van der Waals surface area contributed by atoms with Crippen LogP contribution in [0.4, 0.5) is 4.39 Å². The fourth-order valence-corrected chi connectivity index (χ4v) is 2.81. The van der Waals surface area contributed by atoms with Crippen LogP contribution in [0.5, 0.6) is 5.75 Å². The Morgan fingerprint density at radius 2 is 2.00 bits per heavy atom. The zero-order valence-electron chi connectivity index (χ0n) is 11.8. The molecule has 1 amide bonds. The van der Waals surface area contributed by atoms with Gasteiger partial charge in [-0.05, 0) is 18.9 Å².